The van der Waals surface area contributed by atoms with Gasteiger partial charge in [0.15, 0.2) is 6.19 Å². The molecule has 0 aliphatic carbocycles. The predicted molar refractivity (Wildman–Crippen MR) is 106 cm³/mol. The van der Waals surface area contributed by atoms with Crippen LogP contribution in [0, 0.1) is 22.8 Å². The number of hydrogen-bond acceptors (Lipinski definition) is 6. The molecule has 8 heteroatoms. The molecule has 8 nitrogen and oxygen atoms in total. The zero-order chi connectivity index (χ0) is 21.2. The molecule has 0 saturated heterocycles. The van der Waals surface area contributed by atoms with Crippen molar-refractivity contribution in [1.29, 1.82) is 10.5 Å². The Kier molecular flexibility index (Phi) is 5.31. The summed E-state index contributed by atoms with van der Waals surface area (Å²) >= 11 is 0. The first-order chi connectivity index (χ1) is 13.8. The molecule has 2 atom stereocenters. The van der Waals surface area contributed by atoms with Gasteiger partial charge in [-0.1, -0.05) is 0 Å². The second kappa shape index (κ2) is 7.70. The molecule has 0 unspecified atom stereocenters. The van der Waals surface area contributed by atoms with E-state index in [4.69, 9.17) is 15.2 Å². The van der Waals surface area contributed by atoms with Crippen LogP contribution in [0.1, 0.15) is 31.0 Å². The molecular formula is C21H21N5O3. The van der Waals surface area contributed by atoms with Crippen LogP contribution in [0.2, 0.25) is 0 Å². The topological polar surface area (TPSA) is 128 Å². The van der Waals surface area contributed by atoms with Gasteiger partial charge in [0.05, 0.1) is 24.4 Å². The maximum atomic E-state index is 11.0. The highest BCUT2D eigenvalue weighted by atomic mass is 16.5. The number of benzene rings is 2. The van der Waals surface area contributed by atoms with Crippen LogP contribution in [0.5, 0.6) is 11.5 Å². The van der Waals surface area contributed by atoms with E-state index in [2.05, 4.69) is 11.1 Å². The average molecular weight is 391 g/mol. The Morgan fingerprint density at radius 3 is 2.52 bits per heavy atom. The lowest BCUT2D eigenvalue weighted by atomic mass is 9.85. The normalized spacial score (nSPS) is 19.9. The highest BCUT2D eigenvalue weighted by Crippen LogP contribution is 2.43. The number of aliphatic imine (C=N–C) groups is 1. The van der Waals surface area contributed by atoms with Crippen molar-refractivity contribution >= 4 is 11.6 Å². The smallest absolute Gasteiger partial charge is 0.210 e. The fourth-order valence-corrected chi connectivity index (χ4v) is 3.22. The minimum atomic E-state index is -1.10. The fraction of sp³-hybridized carbons (Fsp3) is 0.286. The van der Waals surface area contributed by atoms with Gasteiger partial charge in [0.25, 0.3) is 0 Å². The summed E-state index contributed by atoms with van der Waals surface area (Å²) in [6.07, 6.45) is 0.912. The maximum absolute atomic E-state index is 11.0. The summed E-state index contributed by atoms with van der Waals surface area (Å²) in [6.45, 7) is 3.44. The van der Waals surface area contributed by atoms with Gasteiger partial charge in [0, 0.05) is 5.56 Å². The first kappa shape index (κ1) is 20.0. The standard InChI is InChI=1S/C21H21N5O3/c1-21(2)19(27)18(16-10-13(11-22)4-9-17(16)29-21)26(12-23)20(24)25-14-5-7-15(28-3)8-6-14/h4-10,18-19,27H,1-3H3,(H2,24,25)/t18-,19+/m1/s1. The number of ether oxygens (including phenoxy) is 2. The van der Waals surface area contributed by atoms with Crippen LogP contribution in [0.3, 0.4) is 0 Å². The van der Waals surface area contributed by atoms with Crippen LogP contribution in [0.15, 0.2) is 47.5 Å². The van der Waals surface area contributed by atoms with E-state index in [0.29, 0.717) is 28.3 Å². The van der Waals surface area contributed by atoms with Crippen LogP contribution in [0.4, 0.5) is 5.69 Å². The third-order valence-corrected chi connectivity index (χ3v) is 4.79. The number of nitriles is 2. The second-order valence-electron chi connectivity index (χ2n) is 7.10. The van der Waals surface area contributed by atoms with Gasteiger partial charge < -0.3 is 20.3 Å². The van der Waals surface area contributed by atoms with Crippen molar-refractivity contribution in [2.45, 2.75) is 31.6 Å². The fourth-order valence-electron chi connectivity index (χ4n) is 3.22. The van der Waals surface area contributed by atoms with Crippen LogP contribution >= 0.6 is 0 Å². The van der Waals surface area contributed by atoms with Crippen molar-refractivity contribution < 1.29 is 14.6 Å². The highest BCUT2D eigenvalue weighted by Gasteiger charge is 2.46. The van der Waals surface area contributed by atoms with Gasteiger partial charge in [-0.3, -0.25) is 0 Å². The highest BCUT2D eigenvalue weighted by molar-refractivity contribution is 5.83. The number of hydrogen-bond donors (Lipinski definition) is 2. The maximum Gasteiger partial charge on any atom is 0.210 e. The van der Waals surface area contributed by atoms with Crippen molar-refractivity contribution in [3.8, 4) is 23.8 Å². The van der Waals surface area contributed by atoms with E-state index >= 15 is 0 Å². The number of nitrogens with two attached hydrogens (primary N) is 1. The molecular weight excluding hydrogens is 370 g/mol. The zero-order valence-corrected chi connectivity index (χ0v) is 16.3. The third-order valence-electron chi connectivity index (χ3n) is 4.79. The summed E-state index contributed by atoms with van der Waals surface area (Å²) in [6, 6.07) is 12.9. The van der Waals surface area contributed by atoms with Crippen molar-refractivity contribution in [3.63, 3.8) is 0 Å². The summed E-state index contributed by atoms with van der Waals surface area (Å²) in [5.74, 6) is 1.05. The molecule has 0 bridgehead atoms. The average Bonchev–Trinajstić information content (AvgIpc) is 2.71. The molecule has 1 aliphatic heterocycles. The number of nitrogens with zero attached hydrogens (tertiary/aromatic N) is 4. The van der Waals surface area contributed by atoms with E-state index in [0.717, 1.165) is 4.90 Å². The monoisotopic (exact) mass is 391 g/mol. The molecule has 0 radical (unpaired) electrons. The zero-order valence-electron chi connectivity index (χ0n) is 16.3. The Labute approximate surface area is 169 Å². The summed E-state index contributed by atoms with van der Waals surface area (Å²) < 4.78 is 11.0. The number of rotatable bonds is 3. The number of aliphatic hydroxyl groups is 1. The van der Waals surface area contributed by atoms with Crippen molar-refractivity contribution in [2.24, 2.45) is 10.7 Å². The summed E-state index contributed by atoms with van der Waals surface area (Å²) in [7, 11) is 1.56. The van der Waals surface area contributed by atoms with E-state index in [1.165, 1.54) is 0 Å². The molecule has 3 N–H and O–H groups in total. The molecule has 1 aliphatic rings. The lowest BCUT2D eigenvalue weighted by Crippen LogP contribution is -2.54. The molecule has 0 fully saturated rings. The molecule has 148 valence electrons. The first-order valence-electron chi connectivity index (χ1n) is 8.89. The molecule has 0 amide bonds. The lowest BCUT2D eigenvalue weighted by Gasteiger charge is -2.44. The Hall–Kier alpha value is -3.75. The molecule has 0 aromatic heterocycles. The number of guanidine groups is 1. The van der Waals surface area contributed by atoms with Gasteiger partial charge in [0.1, 0.15) is 29.2 Å². The van der Waals surface area contributed by atoms with E-state index in [9.17, 15) is 15.6 Å². The van der Waals surface area contributed by atoms with Crippen molar-refractivity contribution in [2.75, 3.05) is 7.11 Å². The number of aliphatic hydroxyl groups excluding tert-OH is 1. The van der Waals surface area contributed by atoms with Gasteiger partial charge >= 0.3 is 0 Å². The number of methoxy groups -OCH3 is 1. The molecule has 0 spiro atoms. The van der Waals surface area contributed by atoms with E-state index in [1.807, 2.05) is 6.19 Å². The molecule has 1 heterocycles. The van der Waals surface area contributed by atoms with Gasteiger partial charge in [-0.05, 0) is 56.3 Å². The van der Waals surface area contributed by atoms with Crippen molar-refractivity contribution in [3.05, 3.63) is 53.6 Å². The minimum absolute atomic E-state index is 0.0901. The molecule has 0 saturated carbocycles. The van der Waals surface area contributed by atoms with E-state index in [-0.39, 0.29) is 5.96 Å². The molecule has 2 aromatic carbocycles. The molecule has 2 aromatic rings. The summed E-state index contributed by atoms with van der Waals surface area (Å²) in [5.41, 5.74) is 6.56. The van der Waals surface area contributed by atoms with Crippen molar-refractivity contribution in [1.82, 2.24) is 4.90 Å². The predicted octanol–water partition coefficient (Wildman–Crippen LogP) is 2.57. The Balaban J connectivity index is 2.06. The third kappa shape index (κ3) is 3.79. The lowest BCUT2D eigenvalue weighted by molar-refractivity contribution is -0.0751. The number of fused-ring (bicyclic) bond motifs is 1. The van der Waals surface area contributed by atoms with Crippen LogP contribution in [-0.2, 0) is 0 Å². The van der Waals surface area contributed by atoms with E-state index < -0.39 is 17.7 Å². The van der Waals surface area contributed by atoms with Crippen LogP contribution in [0.25, 0.3) is 0 Å². The molecule has 29 heavy (non-hydrogen) atoms. The van der Waals surface area contributed by atoms with E-state index in [1.54, 1.807) is 63.4 Å². The Bertz CT molecular complexity index is 1020. The van der Waals surface area contributed by atoms with Gasteiger partial charge in [-0.15, -0.1) is 0 Å². The second-order valence-corrected chi connectivity index (χ2v) is 7.10. The summed E-state index contributed by atoms with van der Waals surface area (Å²) in [5, 5.41) is 30.0. The summed E-state index contributed by atoms with van der Waals surface area (Å²) in [4.78, 5) is 5.44. The van der Waals surface area contributed by atoms with Gasteiger partial charge in [-0.25, -0.2) is 9.89 Å². The van der Waals surface area contributed by atoms with Gasteiger partial charge in [-0.2, -0.15) is 10.5 Å². The molecule has 3 rings (SSSR count). The minimum Gasteiger partial charge on any atom is -0.497 e. The van der Waals surface area contributed by atoms with Crippen LogP contribution < -0.4 is 15.2 Å². The largest absolute Gasteiger partial charge is 0.497 e. The Morgan fingerprint density at radius 2 is 1.93 bits per heavy atom. The van der Waals surface area contributed by atoms with Crippen LogP contribution in [-0.4, -0.2) is 34.8 Å². The quantitative estimate of drug-likeness (QED) is 0.356. The van der Waals surface area contributed by atoms with Gasteiger partial charge in [0.2, 0.25) is 5.96 Å². The Morgan fingerprint density at radius 1 is 1.24 bits per heavy atom. The SMILES string of the molecule is COc1ccc(N=C(N)N(C#N)[C@@H]2c3cc(C#N)ccc3OC(C)(C)[C@H]2O)cc1. The first-order valence-corrected chi connectivity index (χ1v) is 8.89.